The number of hydrogen-bond acceptors (Lipinski definition) is 10. The van der Waals surface area contributed by atoms with Crippen molar-refractivity contribution in [3.05, 3.63) is 29.8 Å². The van der Waals surface area contributed by atoms with Gasteiger partial charge in [0, 0.05) is 0 Å². The van der Waals surface area contributed by atoms with Crippen molar-refractivity contribution < 1.29 is 50.0 Å². The number of ether oxygens (including phenoxy) is 6. The van der Waals surface area contributed by atoms with Crippen LogP contribution in [-0.2, 0) is 19.7 Å². The maximum absolute atomic E-state index is 14.9. The first-order valence-corrected chi connectivity index (χ1v) is 27.4. The molecular formula is C49H82N2O10S2. The maximum Gasteiger partial charge on any atom is 0.504 e. The van der Waals surface area contributed by atoms with Crippen LogP contribution < -0.4 is 28.4 Å². The van der Waals surface area contributed by atoms with E-state index in [1.54, 1.807) is 0 Å². The summed E-state index contributed by atoms with van der Waals surface area (Å²) in [6.45, 7) is 14.2. The first-order chi connectivity index (χ1) is 30.6. The monoisotopic (exact) mass is 923 g/mol. The Kier molecular flexibility index (Phi) is 29.2. The van der Waals surface area contributed by atoms with Crippen LogP contribution in [0.4, 0.5) is 0 Å². The smallest absolute Gasteiger partial charge is 0.490 e. The third-order valence-electron chi connectivity index (χ3n) is 10.7. The van der Waals surface area contributed by atoms with E-state index in [-0.39, 0.29) is 49.4 Å². The molecule has 0 spiro atoms. The van der Waals surface area contributed by atoms with E-state index in [2.05, 4.69) is 46.3 Å². The number of nitrogens with zero attached hydrogens (tertiary/aromatic N) is 2. The largest absolute Gasteiger partial charge is 0.504 e. The van der Waals surface area contributed by atoms with Crippen molar-refractivity contribution in [2.75, 3.05) is 39.6 Å². The van der Waals surface area contributed by atoms with Gasteiger partial charge in [-0.2, -0.15) is 0 Å². The quantitative estimate of drug-likeness (QED) is 0.0208. The summed E-state index contributed by atoms with van der Waals surface area (Å²) >= 11 is 0. The molecule has 0 aliphatic heterocycles. The first-order valence-electron chi connectivity index (χ1n) is 24.4. The Morgan fingerprint density at radius 2 is 0.635 bits per heavy atom. The third-order valence-corrected chi connectivity index (χ3v) is 14.9. The van der Waals surface area contributed by atoms with Gasteiger partial charge in [0.15, 0.2) is 23.0 Å². The van der Waals surface area contributed by atoms with E-state index >= 15 is 0 Å². The van der Waals surface area contributed by atoms with E-state index < -0.39 is 33.8 Å². The van der Waals surface area contributed by atoms with Crippen molar-refractivity contribution in [2.24, 2.45) is 0 Å². The lowest BCUT2D eigenvalue weighted by molar-refractivity contribution is 0.00376. The molecule has 360 valence electrons. The average Bonchev–Trinajstić information content (AvgIpc) is 3.26. The molecular weight excluding hydrogens is 841 g/mol. The van der Waals surface area contributed by atoms with E-state index in [0.717, 1.165) is 128 Å². The Balaban J connectivity index is 2.83. The average molecular weight is 923 g/mol. The molecule has 0 aliphatic carbocycles. The van der Waals surface area contributed by atoms with Crippen LogP contribution in [0.15, 0.2) is 34.1 Å². The summed E-state index contributed by atoms with van der Waals surface area (Å²) in [6, 6.07) is 5.41. The highest BCUT2D eigenvalue weighted by atomic mass is 32.3. The zero-order chi connectivity index (χ0) is 46.2. The SMILES string of the molecule is CCCCCCOc1ccc(S(=O)(=O)C(=[N+]=[N-])S(=O)(=O)c2ccc(OCCCCCC)c(OCCCCCC)c2OCCCCCC)c(OCCCCCC)c1OCCCCCC. The Morgan fingerprint density at radius 3 is 0.889 bits per heavy atom. The number of rotatable bonds is 38. The third kappa shape index (κ3) is 19.3. The van der Waals surface area contributed by atoms with Crippen LogP contribution in [0.25, 0.3) is 5.53 Å². The lowest BCUT2D eigenvalue weighted by atomic mass is 10.2. The van der Waals surface area contributed by atoms with Crippen molar-refractivity contribution in [1.82, 2.24) is 0 Å². The molecule has 0 atom stereocenters. The first kappa shape index (κ1) is 55.7. The van der Waals surface area contributed by atoms with E-state index in [1.807, 2.05) is 0 Å². The fourth-order valence-corrected chi connectivity index (χ4v) is 10.5. The molecule has 0 amide bonds. The Bertz CT molecular complexity index is 1700. The highest BCUT2D eigenvalue weighted by Crippen LogP contribution is 2.46. The second-order valence-corrected chi connectivity index (χ2v) is 20.2. The Hall–Kier alpha value is -3.48. The summed E-state index contributed by atoms with van der Waals surface area (Å²) in [5.41, 5.74) is 10.6. The number of benzene rings is 2. The van der Waals surface area contributed by atoms with Gasteiger partial charge in [0.05, 0.1) is 39.6 Å². The molecule has 2 aromatic carbocycles. The van der Waals surface area contributed by atoms with Crippen molar-refractivity contribution in [2.45, 2.75) is 205 Å². The molecule has 2 aromatic rings. The van der Waals surface area contributed by atoms with Gasteiger partial charge in [-0.15, -0.1) is 4.79 Å². The molecule has 2 rings (SSSR count). The number of hydrogen-bond donors (Lipinski definition) is 0. The number of unbranched alkanes of at least 4 members (excludes halogenated alkanes) is 18. The summed E-state index contributed by atoms with van der Waals surface area (Å²) in [5.74, 6) is 0.366. The summed E-state index contributed by atoms with van der Waals surface area (Å²) < 4.78 is 95.7. The molecule has 0 saturated heterocycles. The van der Waals surface area contributed by atoms with Gasteiger partial charge in [-0.3, -0.25) is 0 Å². The molecule has 0 heterocycles. The summed E-state index contributed by atoms with van der Waals surface area (Å²) in [6.07, 6.45) is 21.9. The van der Waals surface area contributed by atoms with E-state index in [9.17, 15) is 22.4 Å². The second-order valence-electron chi connectivity index (χ2n) is 16.3. The minimum atomic E-state index is -5.14. The van der Waals surface area contributed by atoms with Crippen LogP contribution in [0.5, 0.6) is 34.5 Å². The van der Waals surface area contributed by atoms with Crippen LogP contribution in [-0.4, -0.2) is 65.6 Å². The fraction of sp³-hybridized carbons (Fsp3) is 0.735. The number of sulfone groups is 2. The van der Waals surface area contributed by atoms with Gasteiger partial charge < -0.3 is 34.0 Å². The predicted molar refractivity (Wildman–Crippen MR) is 254 cm³/mol. The lowest BCUT2D eigenvalue weighted by Gasteiger charge is -2.20. The summed E-state index contributed by atoms with van der Waals surface area (Å²) in [7, 11) is -10.3. The van der Waals surface area contributed by atoms with Crippen LogP contribution >= 0.6 is 0 Å². The van der Waals surface area contributed by atoms with Gasteiger partial charge in [0.2, 0.25) is 11.5 Å². The van der Waals surface area contributed by atoms with Crippen molar-refractivity contribution in [1.29, 1.82) is 0 Å². The summed E-state index contributed by atoms with van der Waals surface area (Å²) in [5, 5.41) is 0. The maximum atomic E-state index is 14.9. The van der Waals surface area contributed by atoms with Crippen LogP contribution in [0.3, 0.4) is 0 Å². The molecule has 0 N–H and O–H groups in total. The van der Waals surface area contributed by atoms with E-state index in [4.69, 9.17) is 28.4 Å². The topological polar surface area (TPSA) is 160 Å². The van der Waals surface area contributed by atoms with Gasteiger partial charge in [-0.1, -0.05) is 157 Å². The Morgan fingerprint density at radius 1 is 0.381 bits per heavy atom. The van der Waals surface area contributed by atoms with Gasteiger partial charge in [0.1, 0.15) is 9.79 Å². The molecule has 14 heteroatoms. The molecule has 0 radical (unpaired) electrons. The van der Waals surface area contributed by atoms with Crippen molar-refractivity contribution in [3.63, 3.8) is 0 Å². The fourth-order valence-electron chi connectivity index (χ4n) is 6.92. The van der Waals surface area contributed by atoms with Crippen LogP contribution in [0.2, 0.25) is 0 Å². The molecule has 0 fully saturated rings. The zero-order valence-corrected chi connectivity index (χ0v) is 41.4. The van der Waals surface area contributed by atoms with Crippen LogP contribution in [0, 0.1) is 0 Å². The molecule has 0 aliphatic rings. The normalized spacial score (nSPS) is 11.6. The van der Waals surface area contributed by atoms with E-state index in [0.29, 0.717) is 50.4 Å². The van der Waals surface area contributed by atoms with Gasteiger partial charge in [-0.25, -0.2) is 16.8 Å². The predicted octanol–water partition coefficient (Wildman–Crippen LogP) is 13.3. The lowest BCUT2D eigenvalue weighted by Crippen LogP contribution is -2.27. The standard InChI is InChI=1S/C49H82N2O10S2/c1-7-13-19-25-35-56-41-31-33-43(47(60-39-29-23-17-11-5)45(41)58-37-27-21-15-9-3)62(52,53)49(51-50)63(54,55)44-34-32-42(57-36-26-20-14-8-2)46(59-38-28-22-16-10-4)48(44)61-40-30-24-18-12-6/h31-34H,7-30,35-40H2,1-6H3. The molecule has 0 bridgehead atoms. The highest BCUT2D eigenvalue weighted by Gasteiger charge is 2.48. The second kappa shape index (κ2) is 33.1. The molecule has 0 unspecified atom stereocenters. The summed E-state index contributed by atoms with van der Waals surface area (Å²) in [4.78, 5) is 2.01. The molecule has 12 nitrogen and oxygen atoms in total. The van der Waals surface area contributed by atoms with Gasteiger partial charge >= 0.3 is 4.38 Å². The highest BCUT2D eigenvalue weighted by molar-refractivity contribution is 8.31. The molecule has 0 aromatic heterocycles. The zero-order valence-electron chi connectivity index (χ0n) is 39.8. The van der Waals surface area contributed by atoms with E-state index in [1.165, 1.54) is 24.3 Å². The van der Waals surface area contributed by atoms with Crippen molar-refractivity contribution >= 4 is 24.1 Å². The van der Waals surface area contributed by atoms with Crippen molar-refractivity contribution in [3.8, 4) is 34.5 Å². The molecule has 0 saturated carbocycles. The van der Waals surface area contributed by atoms with Crippen LogP contribution in [0.1, 0.15) is 196 Å². The minimum absolute atomic E-state index is 0.0727. The molecule has 63 heavy (non-hydrogen) atoms. The minimum Gasteiger partial charge on any atom is -0.490 e. The van der Waals surface area contributed by atoms with Gasteiger partial charge in [-0.05, 0) is 62.8 Å². The van der Waals surface area contributed by atoms with Gasteiger partial charge in [0.25, 0.3) is 19.7 Å². The Labute approximate surface area is 382 Å².